The number of nitrogens with two attached hydrogens (primary N) is 1. The number of hydrogen-bond donors (Lipinski definition) is 2. The Balaban J connectivity index is 1.85. The van der Waals surface area contributed by atoms with Crippen molar-refractivity contribution in [2.24, 2.45) is 11.7 Å². The maximum Gasteiger partial charge on any atom is 0.270 e. The van der Waals surface area contributed by atoms with Crippen molar-refractivity contribution in [3.8, 4) is 0 Å². The Morgan fingerprint density at radius 1 is 1.82 bits per heavy atom. The number of hydrogen-bond acceptors (Lipinski definition) is 5. The molecule has 0 spiro atoms. The lowest BCUT2D eigenvalue weighted by Crippen LogP contribution is -2.29. The molecule has 1 aromatic heterocycles. The summed E-state index contributed by atoms with van der Waals surface area (Å²) >= 11 is 1.42. The largest absolute Gasteiger partial charge is 0.381 e. The highest BCUT2D eigenvalue weighted by atomic mass is 32.1. The van der Waals surface area contributed by atoms with Crippen LogP contribution in [0.3, 0.4) is 0 Å². The smallest absolute Gasteiger partial charge is 0.270 e. The van der Waals surface area contributed by atoms with E-state index in [2.05, 4.69) is 10.3 Å². The third-order valence-corrected chi connectivity index (χ3v) is 3.77. The highest BCUT2D eigenvalue weighted by molar-refractivity contribution is 7.09. The summed E-state index contributed by atoms with van der Waals surface area (Å²) in [6.45, 7) is 4.05. The molecule has 2 unspecified atom stereocenters. The number of amides is 1. The van der Waals surface area contributed by atoms with Crippen LogP contribution in [0.5, 0.6) is 0 Å². The number of rotatable bonds is 4. The van der Waals surface area contributed by atoms with Crippen LogP contribution in [0.15, 0.2) is 5.38 Å². The van der Waals surface area contributed by atoms with Gasteiger partial charge >= 0.3 is 0 Å². The summed E-state index contributed by atoms with van der Waals surface area (Å²) in [4.78, 5) is 16.0. The molecule has 1 fully saturated rings. The number of nitrogens with zero attached hydrogens (tertiary/aromatic N) is 1. The van der Waals surface area contributed by atoms with Crippen LogP contribution in [0.25, 0.3) is 0 Å². The fourth-order valence-electron chi connectivity index (χ4n) is 1.67. The molecule has 17 heavy (non-hydrogen) atoms. The van der Waals surface area contributed by atoms with Crippen LogP contribution >= 0.6 is 11.3 Å². The normalized spacial score (nSPS) is 21.4. The van der Waals surface area contributed by atoms with E-state index in [9.17, 15) is 4.79 Å². The van der Waals surface area contributed by atoms with Crippen molar-refractivity contribution in [3.05, 3.63) is 16.1 Å². The Morgan fingerprint density at radius 2 is 2.65 bits per heavy atom. The van der Waals surface area contributed by atoms with E-state index in [1.54, 1.807) is 5.38 Å². The average Bonchev–Trinajstić information content (AvgIpc) is 2.96. The van der Waals surface area contributed by atoms with Crippen molar-refractivity contribution in [3.63, 3.8) is 0 Å². The van der Waals surface area contributed by atoms with Crippen LogP contribution in [0.2, 0.25) is 0 Å². The van der Waals surface area contributed by atoms with Gasteiger partial charge in [-0.25, -0.2) is 4.98 Å². The van der Waals surface area contributed by atoms with Gasteiger partial charge in [0.15, 0.2) is 0 Å². The lowest BCUT2D eigenvalue weighted by molar-refractivity contribution is 0.0940. The second kappa shape index (κ2) is 5.57. The molecule has 1 aliphatic heterocycles. The minimum atomic E-state index is -0.125. The molecule has 1 amide bonds. The van der Waals surface area contributed by atoms with Gasteiger partial charge in [0.25, 0.3) is 5.91 Å². The molecule has 0 saturated carbocycles. The van der Waals surface area contributed by atoms with Gasteiger partial charge in [0, 0.05) is 24.4 Å². The average molecular weight is 255 g/mol. The predicted molar refractivity (Wildman–Crippen MR) is 66.0 cm³/mol. The number of ether oxygens (including phenoxy) is 1. The van der Waals surface area contributed by atoms with Crippen molar-refractivity contribution >= 4 is 17.2 Å². The minimum absolute atomic E-state index is 0.121. The molecule has 1 aliphatic rings. The van der Waals surface area contributed by atoms with Gasteiger partial charge in [-0.15, -0.1) is 11.3 Å². The van der Waals surface area contributed by atoms with E-state index in [-0.39, 0.29) is 11.9 Å². The zero-order chi connectivity index (χ0) is 12.3. The highest BCUT2D eigenvalue weighted by Crippen LogP contribution is 2.16. The van der Waals surface area contributed by atoms with Crippen LogP contribution in [0, 0.1) is 5.92 Å². The Morgan fingerprint density at radius 3 is 3.24 bits per heavy atom. The first-order valence-corrected chi connectivity index (χ1v) is 6.61. The first-order chi connectivity index (χ1) is 8.16. The summed E-state index contributed by atoms with van der Waals surface area (Å²) in [6.07, 6.45) is 1.02. The topological polar surface area (TPSA) is 77.2 Å². The molecule has 0 aliphatic carbocycles. The molecule has 2 rings (SSSR count). The van der Waals surface area contributed by atoms with E-state index >= 15 is 0 Å². The Hall–Kier alpha value is -0.980. The molecule has 1 saturated heterocycles. The van der Waals surface area contributed by atoms with E-state index in [0.717, 1.165) is 24.6 Å². The van der Waals surface area contributed by atoms with Crippen LogP contribution in [0.1, 0.15) is 34.9 Å². The fraction of sp³-hybridized carbons (Fsp3) is 0.636. The van der Waals surface area contributed by atoms with Crippen molar-refractivity contribution in [2.45, 2.75) is 19.4 Å². The van der Waals surface area contributed by atoms with Gasteiger partial charge in [-0.2, -0.15) is 0 Å². The van der Waals surface area contributed by atoms with Gasteiger partial charge in [-0.1, -0.05) is 0 Å². The van der Waals surface area contributed by atoms with E-state index in [1.807, 2.05) is 6.92 Å². The molecular weight excluding hydrogens is 238 g/mol. The predicted octanol–water partition coefficient (Wildman–Crippen LogP) is 0.929. The monoisotopic (exact) mass is 255 g/mol. The van der Waals surface area contributed by atoms with Gasteiger partial charge in [0.2, 0.25) is 0 Å². The molecule has 2 heterocycles. The number of thiazole rings is 1. The quantitative estimate of drug-likeness (QED) is 0.839. The molecule has 0 bridgehead atoms. The second-order valence-electron chi connectivity index (χ2n) is 4.30. The van der Waals surface area contributed by atoms with Crippen LogP contribution in [-0.2, 0) is 4.74 Å². The third kappa shape index (κ3) is 3.24. The molecular formula is C11H17N3O2S. The van der Waals surface area contributed by atoms with E-state index < -0.39 is 0 Å². The SMILES string of the molecule is CC(N)c1nc(C(=O)NCC2CCOC2)cs1. The summed E-state index contributed by atoms with van der Waals surface area (Å²) in [7, 11) is 0. The van der Waals surface area contributed by atoms with Crippen molar-refractivity contribution in [2.75, 3.05) is 19.8 Å². The molecule has 2 atom stereocenters. The van der Waals surface area contributed by atoms with Gasteiger partial charge in [-0.3, -0.25) is 4.79 Å². The zero-order valence-corrected chi connectivity index (χ0v) is 10.6. The maximum absolute atomic E-state index is 11.8. The zero-order valence-electron chi connectivity index (χ0n) is 9.81. The Labute approximate surface area is 104 Å². The van der Waals surface area contributed by atoms with Crippen molar-refractivity contribution in [1.29, 1.82) is 0 Å². The lowest BCUT2D eigenvalue weighted by Gasteiger charge is -2.07. The number of carbonyl (C=O) groups excluding carboxylic acids is 1. The van der Waals surface area contributed by atoms with Crippen molar-refractivity contribution < 1.29 is 9.53 Å². The Kier molecular flexibility index (Phi) is 4.09. The van der Waals surface area contributed by atoms with E-state index in [0.29, 0.717) is 18.2 Å². The second-order valence-corrected chi connectivity index (χ2v) is 5.19. The first-order valence-electron chi connectivity index (χ1n) is 5.73. The third-order valence-electron chi connectivity index (χ3n) is 2.72. The molecule has 5 nitrogen and oxygen atoms in total. The maximum atomic E-state index is 11.8. The first kappa shape index (κ1) is 12.5. The number of aromatic nitrogens is 1. The molecule has 6 heteroatoms. The molecule has 0 aromatic carbocycles. The lowest BCUT2D eigenvalue weighted by atomic mass is 10.1. The van der Waals surface area contributed by atoms with Crippen LogP contribution < -0.4 is 11.1 Å². The highest BCUT2D eigenvalue weighted by Gasteiger charge is 2.18. The number of nitrogens with one attached hydrogen (secondary N) is 1. The Bertz CT molecular complexity index is 386. The van der Waals surface area contributed by atoms with E-state index in [4.69, 9.17) is 10.5 Å². The summed E-state index contributed by atoms with van der Waals surface area (Å²) < 4.78 is 5.25. The van der Waals surface area contributed by atoms with Gasteiger partial charge in [0.05, 0.1) is 12.6 Å². The summed E-state index contributed by atoms with van der Waals surface area (Å²) in [5.74, 6) is 0.311. The molecule has 0 radical (unpaired) electrons. The van der Waals surface area contributed by atoms with Gasteiger partial charge < -0.3 is 15.8 Å². The van der Waals surface area contributed by atoms with Gasteiger partial charge in [0.1, 0.15) is 10.7 Å². The van der Waals surface area contributed by atoms with Gasteiger partial charge in [-0.05, 0) is 13.3 Å². The minimum Gasteiger partial charge on any atom is -0.381 e. The van der Waals surface area contributed by atoms with E-state index in [1.165, 1.54) is 11.3 Å². The fourth-order valence-corrected chi connectivity index (χ4v) is 2.43. The van der Waals surface area contributed by atoms with Crippen LogP contribution in [0.4, 0.5) is 0 Å². The summed E-state index contributed by atoms with van der Waals surface area (Å²) in [5, 5.41) is 5.42. The molecule has 94 valence electrons. The summed E-state index contributed by atoms with van der Waals surface area (Å²) in [5.41, 5.74) is 6.16. The molecule has 1 aromatic rings. The van der Waals surface area contributed by atoms with Crippen LogP contribution in [-0.4, -0.2) is 30.6 Å². The molecule has 3 N–H and O–H groups in total. The standard InChI is InChI=1S/C11H17N3O2S/c1-7(12)11-14-9(6-17-11)10(15)13-4-8-2-3-16-5-8/h6-8H,2-5,12H2,1H3,(H,13,15). The van der Waals surface area contributed by atoms with Crippen molar-refractivity contribution in [1.82, 2.24) is 10.3 Å². The number of carbonyl (C=O) groups is 1. The summed E-state index contributed by atoms with van der Waals surface area (Å²) in [6, 6.07) is -0.121.